The van der Waals surface area contributed by atoms with E-state index in [4.69, 9.17) is 9.05 Å². The van der Waals surface area contributed by atoms with E-state index in [-0.39, 0.29) is 5.16 Å². The van der Waals surface area contributed by atoms with Crippen molar-refractivity contribution in [2.24, 2.45) is 0 Å². The lowest BCUT2D eigenvalue weighted by molar-refractivity contribution is 0.455. The lowest BCUT2D eigenvalue weighted by Gasteiger charge is -2.29. The molecule has 0 fully saturated rings. The molecule has 2 nitrogen and oxygen atoms in total. The second-order valence-corrected chi connectivity index (χ2v) is 7.46. The largest absolute Gasteiger partial charge is 0.438 e. The van der Waals surface area contributed by atoms with Gasteiger partial charge in [-0.2, -0.15) is 0 Å². The molecule has 0 aliphatic carbocycles. The molecule has 0 saturated heterocycles. The van der Waals surface area contributed by atoms with Crippen LogP contribution in [0.3, 0.4) is 0 Å². The highest BCUT2D eigenvalue weighted by molar-refractivity contribution is 7.49. The van der Waals surface area contributed by atoms with Crippen LogP contribution in [-0.4, -0.2) is 5.16 Å². The van der Waals surface area contributed by atoms with Gasteiger partial charge in [-0.25, -0.2) is 0 Å². The van der Waals surface area contributed by atoms with Gasteiger partial charge in [0.15, 0.2) is 0 Å². The van der Waals surface area contributed by atoms with E-state index in [1.54, 1.807) is 0 Å². The van der Waals surface area contributed by atoms with E-state index in [9.17, 15) is 0 Å². The normalized spacial score (nSPS) is 11.4. The Hall–Kier alpha value is -1.53. The zero-order valence-electron chi connectivity index (χ0n) is 11.5. The summed E-state index contributed by atoms with van der Waals surface area (Å²) >= 11 is 0. The molecule has 0 amide bonds. The average Bonchev–Trinajstić information content (AvgIpc) is 2.39. The van der Waals surface area contributed by atoms with Crippen LogP contribution in [0.4, 0.5) is 0 Å². The van der Waals surface area contributed by atoms with Crippen LogP contribution in [0.1, 0.15) is 20.8 Å². The van der Waals surface area contributed by atoms with Crippen molar-refractivity contribution in [3.05, 3.63) is 60.7 Å². The standard InChI is InChI=1S/C16H19O2P/c1-16(2,3)19(17-14-10-6-4-7-11-14)18-15-12-8-5-9-13-15/h4-13H,1-3H3. The van der Waals surface area contributed by atoms with Gasteiger partial charge in [-0.1, -0.05) is 36.4 Å². The van der Waals surface area contributed by atoms with Gasteiger partial charge in [0.2, 0.25) is 0 Å². The molecule has 2 aromatic carbocycles. The van der Waals surface area contributed by atoms with E-state index in [2.05, 4.69) is 20.8 Å². The zero-order chi connectivity index (χ0) is 13.7. The van der Waals surface area contributed by atoms with Gasteiger partial charge < -0.3 is 9.05 Å². The van der Waals surface area contributed by atoms with Crippen LogP contribution < -0.4 is 9.05 Å². The summed E-state index contributed by atoms with van der Waals surface area (Å²) in [6, 6.07) is 19.6. The van der Waals surface area contributed by atoms with Crippen LogP contribution in [0.2, 0.25) is 0 Å². The van der Waals surface area contributed by atoms with Gasteiger partial charge in [0, 0.05) is 0 Å². The third kappa shape index (κ3) is 4.25. The van der Waals surface area contributed by atoms with Crippen molar-refractivity contribution >= 4 is 8.38 Å². The number of rotatable bonds is 4. The second-order valence-electron chi connectivity index (χ2n) is 5.24. The molecule has 2 rings (SSSR count). The molecule has 0 aliphatic rings. The van der Waals surface area contributed by atoms with Crippen molar-refractivity contribution in [3.8, 4) is 11.5 Å². The monoisotopic (exact) mass is 274 g/mol. The van der Waals surface area contributed by atoms with Gasteiger partial charge in [-0.3, -0.25) is 0 Å². The summed E-state index contributed by atoms with van der Waals surface area (Å²) in [6.45, 7) is 6.39. The molecule has 0 heterocycles. The second kappa shape index (κ2) is 6.08. The summed E-state index contributed by atoms with van der Waals surface area (Å²) in [6.07, 6.45) is 0. The topological polar surface area (TPSA) is 18.5 Å². The molecule has 0 saturated carbocycles. The first-order valence-corrected chi connectivity index (χ1v) is 7.50. The minimum absolute atomic E-state index is 0.0545. The van der Waals surface area contributed by atoms with Crippen LogP contribution >= 0.6 is 8.38 Å². The Morgan fingerprint density at radius 3 is 1.37 bits per heavy atom. The molecule has 0 aliphatic heterocycles. The quantitative estimate of drug-likeness (QED) is 0.708. The maximum atomic E-state index is 6.03. The average molecular weight is 274 g/mol. The molecule has 19 heavy (non-hydrogen) atoms. The third-order valence-electron chi connectivity index (χ3n) is 2.41. The molecule has 0 N–H and O–H groups in total. The maximum absolute atomic E-state index is 6.03. The maximum Gasteiger partial charge on any atom is 0.296 e. The van der Waals surface area contributed by atoms with Gasteiger partial charge in [0.05, 0.1) is 5.16 Å². The molecule has 0 aromatic heterocycles. The molecule has 0 bridgehead atoms. The van der Waals surface area contributed by atoms with Gasteiger partial charge in [-0.15, -0.1) is 0 Å². The van der Waals surface area contributed by atoms with E-state index in [0.29, 0.717) is 0 Å². The van der Waals surface area contributed by atoms with Crippen molar-refractivity contribution in [2.45, 2.75) is 25.9 Å². The Balaban J connectivity index is 2.13. The summed E-state index contributed by atoms with van der Waals surface area (Å²) in [7, 11) is -1.05. The van der Waals surface area contributed by atoms with Crippen molar-refractivity contribution in [2.75, 3.05) is 0 Å². The van der Waals surface area contributed by atoms with Crippen molar-refractivity contribution in [1.82, 2.24) is 0 Å². The summed E-state index contributed by atoms with van der Waals surface area (Å²) < 4.78 is 12.1. The summed E-state index contributed by atoms with van der Waals surface area (Å²) in [5.41, 5.74) is 0. The lowest BCUT2D eigenvalue weighted by Crippen LogP contribution is -2.18. The fraction of sp³-hybridized carbons (Fsp3) is 0.250. The van der Waals surface area contributed by atoms with E-state index >= 15 is 0 Å². The number of hydrogen-bond acceptors (Lipinski definition) is 2. The number of benzene rings is 2. The summed E-state index contributed by atoms with van der Waals surface area (Å²) in [5.74, 6) is 1.69. The third-order valence-corrected chi connectivity index (χ3v) is 4.26. The Morgan fingerprint density at radius 1 is 0.684 bits per heavy atom. The van der Waals surface area contributed by atoms with E-state index in [1.165, 1.54) is 0 Å². The van der Waals surface area contributed by atoms with E-state index in [0.717, 1.165) is 11.5 Å². The summed E-state index contributed by atoms with van der Waals surface area (Å²) in [5, 5.41) is -0.0545. The molecule has 0 spiro atoms. The highest BCUT2D eigenvalue weighted by Gasteiger charge is 2.31. The minimum atomic E-state index is -1.05. The first-order chi connectivity index (χ1) is 9.05. The molecule has 2 aromatic rings. The van der Waals surface area contributed by atoms with Crippen LogP contribution in [-0.2, 0) is 0 Å². The van der Waals surface area contributed by atoms with Gasteiger partial charge >= 0.3 is 0 Å². The highest BCUT2D eigenvalue weighted by atomic mass is 31.2. The first kappa shape index (κ1) is 13.9. The highest BCUT2D eigenvalue weighted by Crippen LogP contribution is 2.51. The van der Waals surface area contributed by atoms with Gasteiger partial charge in [-0.05, 0) is 45.0 Å². The summed E-state index contributed by atoms with van der Waals surface area (Å²) in [4.78, 5) is 0. The van der Waals surface area contributed by atoms with E-state index in [1.807, 2.05) is 60.7 Å². The lowest BCUT2D eigenvalue weighted by atomic mass is 10.3. The molecule has 100 valence electrons. The molecular weight excluding hydrogens is 255 g/mol. The predicted octanol–water partition coefficient (Wildman–Crippen LogP) is 5.25. The molecule has 3 heteroatoms. The molecule has 0 radical (unpaired) electrons. The Labute approximate surface area is 116 Å². The predicted molar refractivity (Wildman–Crippen MR) is 80.8 cm³/mol. The smallest absolute Gasteiger partial charge is 0.296 e. The number of para-hydroxylation sites is 2. The Morgan fingerprint density at radius 2 is 1.05 bits per heavy atom. The van der Waals surface area contributed by atoms with Crippen molar-refractivity contribution in [3.63, 3.8) is 0 Å². The number of hydrogen-bond donors (Lipinski definition) is 0. The Bertz CT molecular complexity index is 450. The molecular formula is C16H19O2P. The SMILES string of the molecule is CC(C)(C)P(Oc1ccccc1)Oc1ccccc1. The fourth-order valence-corrected chi connectivity index (χ4v) is 2.66. The van der Waals surface area contributed by atoms with Crippen LogP contribution in [0.15, 0.2) is 60.7 Å². The molecule has 0 unspecified atom stereocenters. The van der Waals surface area contributed by atoms with Crippen molar-refractivity contribution < 1.29 is 9.05 Å². The Kier molecular flexibility index (Phi) is 4.44. The van der Waals surface area contributed by atoms with Crippen LogP contribution in [0.25, 0.3) is 0 Å². The van der Waals surface area contributed by atoms with Crippen molar-refractivity contribution in [1.29, 1.82) is 0 Å². The van der Waals surface area contributed by atoms with Gasteiger partial charge in [0.25, 0.3) is 8.38 Å². The fourth-order valence-electron chi connectivity index (χ4n) is 1.45. The molecule has 0 atom stereocenters. The van der Waals surface area contributed by atoms with Gasteiger partial charge in [0.1, 0.15) is 11.5 Å². The zero-order valence-corrected chi connectivity index (χ0v) is 12.4. The van der Waals surface area contributed by atoms with Crippen LogP contribution in [0, 0.1) is 0 Å². The van der Waals surface area contributed by atoms with Crippen LogP contribution in [0.5, 0.6) is 11.5 Å². The van der Waals surface area contributed by atoms with E-state index < -0.39 is 8.38 Å². The first-order valence-electron chi connectivity index (χ1n) is 6.32. The minimum Gasteiger partial charge on any atom is -0.438 e.